The fourth-order valence-electron chi connectivity index (χ4n) is 0.681. The number of halogens is 5. The highest BCUT2D eigenvalue weighted by Crippen LogP contribution is 2.35. The van der Waals surface area contributed by atoms with Crippen LogP contribution in [0.2, 0.25) is 0 Å². The predicted molar refractivity (Wildman–Crippen MR) is 41.5 cm³/mol. The number of rotatable bonds is 3. The van der Waals surface area contributed by atoms with Crippen molar-refractivity contribution in [1.82, 2.24) is 9.97 Å². The van der Waals surface area contributed by atoms with Gasteiger partial charge in [-0.3, -0.25) is 0 Å². The second kappa shape index (κ2) is 3.95. The molecule has 0 atom stereocenters. The van der Waals surface area contributed by atoms with E-state index in [1.165, 1.54) is 18.5 Å². The van der Waals surface area contributed by atoms with E-state index in [1.54, 1.807) is 5.32 Å². The van der Waals surface area contributed by atoms with Gasteiger partial charge in [0.05, 0.1) is 6.54 Å². The molecule has 0 spiro atoms. The van der Waals surface area contributed by atoms with Gasteiger partial charge in [-0.05, 0) is 6.07 Å². The minimum atomic E-state index is -5.57. The smallest absolute Gasteiger partial charge is 0.348 e. The Bertz CT molecular complexity index is 310. The first kappa shape index (κ1) is 11.6. The number of alkyl halides is 5. The van der Waals surface area contributed by atoms with Crippen LogP contribution in [-0.4, -0.2) is 28.6 Å². The van der Waals surface area contributed by atoms with Crippen LogP contribution in [0, 0.1) is 0 Å². The molecule has 0 radical (unpaired) electrons. The molecule has 0 saturated carbocycles. The van der Waals surface area contributed by atoms with Gasteiger partial charge in [-0.1, -0.05) is 0 Å². The van der Waals surface area contributed by atoms with Crippen LogP contribution in [0.15, 0.2) is 18.5 Å². The fraction of sp³-hybridized carbons (Fsp3) is 0.429. The maximum Gasteiger partial charge on any atom is 0.455 e. The van der Waals surface area contributed by atoms with E-state index < -0.39 is 18.6 Å². The molecule has 0 aliphatic carbocycles. The predicted octanol–water partition coefficient (Wildman–Crippen LogP) is 2.09. The van der Waals surface area contributed by atoms with Gasteiger partial charge in [-0.15, -0.1) is 0 Å². The SMILES string of the molecule is FC(F)(F)C(F)(F)CNc1ncccn1. The van der Waals surface area contributed by atoms with Crippen LogP contribution < -0.4 is 5.32 Å². The van der Waals surface area contributed by atoms with Gasteiger partial charge in [0, 0.05) is 12.4 Å². The monoisotopic (exact) mass is 227 g/mol. The average Bonchev–Trinajstić information content (AvgIpc) is 2.15. The second-order valence-electron chi connectivity index (χ2n) is 2.63. The summed E-state index contributed by atoms with van der Waals surface area (Å²) in [6.45, 7) is -1.58. The Morgan fingerprint density at radius 3 is 2.07 bits per heavy atom. The lowest BCUT2D eigenvalue weighted by molar-refractivity contribution is -0.275. The van der Waals surface area contributed by atoms with Crippen molar-refractivity contribution >= 4 is 5.95 Å². The quantitative estimate of drug-likeness (QED) is 0.803. The summed E-state index contributed by atoms with van der Waals surface area (Å²) in [6.07, 6.45) is -3.13. The first-order chi connectivity index (χ1) is 6.83. The van der Waals surface area contributed by atoms with Crippen molar-refractivity contribution in [2.45, 2.75) is 12.1 Å². The first-order valence-electron chi connectivity index (χ1n) is 3.78. The highest BCUT2D eigenvalue weighted by molar-refractivity contribution is 5.22. The molecule has 1 N–H and O–H groups in total. The summed E-state index contributed by atoms with van der Waals surface area (Å²) >= 11 is 0. The third-order valence-corrected chi connectivity index (χ3v) is 1.45. The average molecular weight is 227 g/mol. The summed E-state index contributed by atoms with van der Waals surface area (Å²) in [5.41, 5.74) is 0. The Labute approximate surface area is 81.3 Å². The molecule has 0 aliphatic heterocycles. The Kier molecular flexibility index (Phi) is 3.06. The molecule has 0 unspecified atom stereocenters. The molecule has 1 aromatic rings. The highest BCUT2D eigenvalue weighted by atomic mass is 19.4. The zero-order valence-electron chi connectivity index (χ0n) is 7.22. The lowest BCUT2D eigenvalue weighted by atomic mass is 10.3. The molecule has 0 aromatic carbocycles. The minimum absolute atomic E-state index is 0.276. The van der Waals surface area contributed by atoms with E-state index >= 15 is 0 Å². The van der Waals surface area contributed by atoms with Crippen molar-refractivity contribution in [1.29, 1.82) is 0 Å². The van der Waals surface area contributed by atoms with E-state index in [4.69, 9.17) is 0 Å². The molecule has 1 aromatic heterocycles. The van der Waals surface area contributed by atoms with E-state index in [0.717, 1.165) is 0 Å². The molecule has 0 bridgehead atoms. The normalized spacial score (nSPS) is 12.6. The van der Waals surface area contributed by atoms with E-state index in [1.807, 2.05) is 0 Å². The molecule has 15 heavy (non-hydrogen) atoms. The number of hydrogen-bond donors (Lipinski definition) is 1. The second-order valence-corrected chi connectivity index (χ2v) is 2.63. The summed E-state index contributed by atoms with van der Waals surface area (Å²) in [7, 11) is 0. The molecular formula is C7H6F5N3. The lowest BCUT2D eigenvalue weighted by Crippen LogP contribution is -2.42. The number of aromatic nitrogens is 2. The van der Waals surface area contributed by atoms with Gasteiger partial charge in [0.1, 0.15) is 0 Å². The van der Waals surface area contributed by atoms with Gasteiger partial charge in [-0.25, -0.2) is 9.97 Å². The number of nitrogens with zero attached hydrogens (tertiary/aromatic N) is 2. The van der Waals surface area contributed by atoms with Crippen LogP contribution >= 0.6 is 0 Å². The first-order valence-corrected chi connectivity index (χ1v) is 3.78. The summed E-state index contributed by atoms with van der Waals surface area (Å²) < 4.78 is 59.9. The van der Waals surface area contributed by atoms with Crippen molar-refractivity contribution in [2.24, 2.45) is 0 Å². The zero-order valence-corrected chi connectivity index (χ0v) is 7.22. The number of nitrogens with one attached hydrogen (secondary N) is 1. The Morgan fingerprint density at radius 1 is 1.07 bits per heavy atom. The van der Waals surface area contributed by atoms with Crippen molar-refractivity contribution in [2.75, 3.05) is 11.9 Å². The molecule has 0 fully saturated rings. The third-order valence-electron chi connectivity index (χ3n) is 1.45. The van der Waals surface area contributed by atoms with Gasteiger partial charge < -0.3 is 5.32 Å². The Morgan fingerprint density at radius 2 is 1.60 bits per heavy atom. The molecule has 3 nitrogen and oxygen atoms in total. The zero-order chi connectivity index (χ0) is 11.5. The summed E-state index contributed by atoms with van der Waals surface area (Å²) in [6, 6.07) is 1.41. The van der Waals surface area contributed by atoms with Crippen molar-refractivity contribution in [3.05, 3.63) is 18.5 Å². The maximum absolute atomic E-state index is 12.4. The van der Waals surface area contributed by atoms with E-state index in [9.17, 15) is 22.0 Å². The summed E-state index contributed by atoms with van der Waals surface area (Å²) in [5, 5.41) is 1.80. The Balaban J connectivity index is 2.58. The van der Waals surface area contributed by atoms with Crippen LogP contribution in [0.25, 0.3) is 0 Å². The minimum Gasteiger partial charge on any atom is -0.348 e. The van der Waals surface area contributed by atoms with E-state index in [0.29, 0.717) is 0 Å². The van der Waals surface area contributed by atoms with Crippen LogP contribution in [0.5, 0.6) is 0 Å². The van der Waals surface area contributed by atoms with Crippen LogP contribution in [-0.2, 0) is 0 Å². The van der Waals surface area contributed by atoms with Crippen molar-refractivity contribution in [3.8, 4) is 0 Å². The van der Waals surface area contributed by atoms with Crippen molar-refractivity contribution in [3.63, 3.8) is 0 Å². The van der Waals surface area contributed by atoms with Crippen LogP contribution in [0.1, 0.15) is 0 Å². The molecule has 0 aliphatic rings. The number of hydrogen-bond acceptors (Lipinski definition) is 3. The van der Waals surface area contributed by atoms with Crippen molar-refractivity contribution < 1.29 is 22.0 Å². The molecule has 0 saturated heterocycles. The van der Waals surface area contributed by atoms with Gasteiger partial charge in [-0.2, -0.15) is 22.0 Å². The highest BCUT2D eigenvalue weighted by Gasteiger charge is 2.57. The third kappa shape index (κ3) is 3.00. The fourth-order valence-corrected chi connectivity index (χ4v) is 0.681. The number of anilines is 1. The summed E-state index contributed by atoms with van der Waals surface area (Å²) in [5.74, 6) is -5.08. The largest absolute Gasteiger partial charge is 0.455 e. The van der Waals surface area contributed by atoms with Gasteiger partial charge >= 0.3 is 12.1 Å². The van der Waals surface area contributed by atoms with Gasteiger partial charge in [0.2, 0.25) is 5.95 Å². The van der Waals surface area contributed by atoms with E-state index in [-0.39, 0.29) is 5.95 Å². The topological polar surface area (TPSA) is 37.8 Å². The van der Waals surface area contributed by atoms with Crippen LogP contribution in [0.4, 0.5) is 27.9 Å². The molecular weight excluding hydrogens is 221 g/mol. The maximum atomic E-state index is 12.4. The summed E-state index contributed by atoms with van der Waals surface area (Å²) in [4.78, 5) is 6.88. The lowest BCUT2D eigenvalue weighted by Gasteiger charge is -2.19. The molecule has 84 valence electrons. The van der Waals surface area contributed by atoms with E-state index in [2.05, 4.69) is 9.97 Å². The van der Waals surface area contributed by atoms with Gasteiger partial charge in [0.15, 0.2) is 0 Å². The molecule has 1 heterocycles. The molecule has 8 heteroatoms. The van der Waals surface area contributed by atoms with Crippen LogP contribution in [0.3, 0.4) is 0 Å². The Hall–Kier alpha value is -1.47. The standard InChI is InChI=1S/C7H6F5N3/c8-6(9,7(10,11)12)4-15-5-13-2-1-3-14-5/h1-3H,4H2,(H,13,14,15). The molecule has 1 rings (SSSR count). The molecule has 0 amide bonds. The van der Waals surface area contributed by atoms with Gasteiger partial charge in [0.25, 0.3) is 0 Å².